The summed E-state index contributed by atoms with van der Waals surface area (Å²) in [7, 11) is 1.44. The highest BCUT2D eigenvalue weighted by atomic mass is 19.4. The maximum absolute atomic E-state index is 13.3. The van der Waals surface area contributed by atoms with Gasteiger partial charge in [0.2, 0.25) is 5.91 Å². The molecule has 160 valence electrons. The Labute approximate surface area is 172 Å². The Hall–Kier alpha value is -2.64. The van der Waals surface area contributed by atoms with Crippen molar-refractivity contribution in [2.24, 2.45) is 11.3 Å². The van der Waals surface area contributed by atoms with Crippen molar-refractivity contribution in [3.8, 4) is 5.69 Å². The minimum atomic E-state index is -4.28. The van der Waals surface area contributed by atoms with Gasteiger partial charge in [-0.05, 0) is 55.2 Å². The Morgan fingerprint density at radius 3 is 2.67 bits per heavy atom. The van der Waals surface area contributed by atoms with E-state index in [1.54, 1.807) is 23.0 Å². The second kappa shape index (κ2) is 7.25. The zero-order valence-corrected chi connectivity index (χ0v) is 16.8. The van der Waals surface area contributed by atoms with E-state index < -0.39 is 18.0 Å². The molecular weight excluding hydrogens is 398 g/mol. The molecule has 1 fully saturated rings. The summed E-state index contributed by atoms with van der Waals surface area (Å²) in [5, 5.41) is 4.45. The summed E-state index contributed by atoms with van der Waals surface area (Å²) in [6.45, 7) is 1.69. The average molecular weight is 421 g/mol. The van der Waals surface area contributed by atoms with Gasteiger partial charge in [-0.15, -0.1) is 0 Å². The van der Waals surface area contributed by atoms with Gasteiger partial charge in [-0.2, -0.15) is 18.3 Å². The number of aromatic nitrogens is 2. The van der Waals surface area contributed by atoms with Crippen molar-refractivity contribution < 1.29 is 22.4 Å². The molecule has 4 rings (SSSR count). The van der Waals surface area contributed by atoms with Crippen LogP contribution in [-0.2, 0) is 11.2 Å². The third-order valence-corrected chi connectivity index (χ3v) is 6.44. The highest BCUT2D eigenvalue weighted by Gasteiger charge is 2.49. The van der Waals surface area contributed by atoms with Gasteiger partial charge >= 0.3 is 6.18 Å². The normalized spacial score (nSPS) is 23.0. The van der Waals surface area contributed by atoms with Crippen LogP contribution in [-0.4, -0.2) is 40.4 Å². The highest BCUT2D eigenvalue weighted by molar-refractivity contribution is 5.82. The molecule has 1 amide bonds. The van der Waals surface area contributed by atoms with E-state index in [0.717, 1.165) is 22.5 Å². The standard InChI is InChI=1S/C22H23F4N3O/c1-21-12-14-13-27-29(17-6-4-16(23)5-7-17)19(14)11-15(21)3-8-18(21)20(30)28(2)10-9-22(24,25)26/h4-7,11,13,18H,3,8-10,12H2,1-2H3/t18-,21+/m1/s1. The number of hydrogen-bond acceptors (Lipinski definition) is 2. The number of rotatable bonds is 4. The van der Waals surface area contributed by atoms with Crippen LogP contribution in [0.25, 0.3) is 11.8 Å². The molecule has 0 saturated heterocycles. The van der Waals surface area contributed by atoms with E-state index in [4.69, 9.17) is 0 Å². The van der Waals surface area contributed by atoms with E-state index >= 15 is 0 Å². The number of fused-ring (bicyclic) bond motifs is 2. The molecular formula is C22H23F4N3O. The molecule has 2 aliphatic rings. The van der Waals surface area contributed by atoms with Gasteiger partial charge in [0, 0.05) is 24.9 Å². The summed E-state index contributed by atoms with van der Waals surface area (Å²) >= 11 is 0. The fourth-order valence-electron chi connectivity index (χ4n) is 4.70. The van der Waals surface area contributed by atoms with Crippen LogP contribution in [0, 0.1) is 17.2 Å². The van der Waals surface area contributed by atoms with Gasteiger partial charge in [0.15, 0.2) is 0 Å². The summed E-state index contributed by atoms with van der Waals surface area (Å²) in [4.78, 5) is 14.2. The number of amides is 1. The second-order valence-corrected chi connectivity index (χ2v) is 8.42. The lowest BCUT2D eigenvalue weighted by Gasteiger charge is -2.36. The van der Waals surface area contributed by atoms with Crippen LogP contribution >= 0.6 is 0 Å². The predicted octanol–water partition coefficient (Wildman–Crippen LogP) is 4.78. The van der Waals surface area contributed by atoms with Crippen LogP contribution in [0.15, 0.2) is 36.0 Å². The maximum atomic E-state index is 13.3. The molecule has 0 aliphatic heterocycles. The van der Waals surface area contributed by atoms with E-state index in [9.17, 15) is 22.4 Å². The van der Waals surface area contributed by atoms with Crippen LogP contribution in [0.1, 0.15) is 37.4 Å². The first-order valence-corrected chi connectivity index (χ1v) is 9.94. The number of alkyl halides is 3. The van der Waals surface area contributed by atoms with E-state index in [0.29, 0.717) is 19.3 Å². The molecule has 1 saturated carbocycles. The van der Waals surface area contributed by atoms with E-state index in [-0.39, 0.29) is 24.2 Å². The lowest BCUT2D eigenvalue weighted by atomic mass is 9.69. The molecule has 30 heavy (non-hydrogen) atoms. The minimum Gasteiger partial charge on any atom is -0.345 e. The van der Waals surface area contributed by atoms with Crippen molar-refractivity contribution in [2.45, 2.75) is 38.8 Å². The SMILES string of the molecule is CN(CCC(F)(F)F)C(=O)[C@H]1CCC2=Cc3c(cnn3-c3ccc(F)cc3)C[C@@]21C. The van der Waals surface area contributed by atoms with Gasteiger partial charge in [0.25, 0.3) is 0 Å². The van der Waals surface area contributed by atoms with Gasteiger partial charge < -0.3 is 4.90 Å². The third kappa shape index (κ3) is 3.63. The molecule has 0 unspecified atom stereocenters. The van der Waals surface area contributed by atoms with Crippen molar-refractivity contribution in [2.75, 3.05) is 13.6 Å². The average Bonchev–Trinajstić information content (AvgIpc) is 3.23. The van der Waals surface area contributed by atoms with Crippen molar-refractivity contribution >= 4 is 12.0 Å². The second-order valence-electron chi connectivity index (χ2n) is 8.42. The topological polar surface area (TPSA) is 38.1 Å². The summed E-state index contributed by atoms with van der Waals surface area (Å²) in [5.41, 5.74) is 3.31. The Bertz CT molecular complexity index is 993. The zero-order valence-electron chi connectivity index (χ0n) is 16.8. The van der Waals surface area contributed by atoms with Gasteiger partial charge in [0.1, 0.15) is 5.82 Å². The van der Waals surface area contributed by atoms with Gasteiger partial charge in [-0.3, -0.25) is 4.79 Å². The number of allylic oxidation sites excluding steroid dienone is 1. The molecule has 8 heteroatoms. The van der Waals surface area contributed by atoms with Gasteiger partial charge in [-0.1, -0.05) is 12.5 Å². The summed E-state index contributed by atoms with van der Waals surface area (Å²) in [5.74, 6) is -0.915. The Kier molecular flexibility index (Phi) is 4.98. The van der Waals surface area contributed by atoms with Gasteiger partial charge in [0.05, 0.1) is 24.0 Å². The molecule has 0 N–H and O–H groups in total. The number of benzene rings is 1. The van der Waals surface area contributed by atoms with Crippen LogP contribution < -0.4 is 0 Å². The van der Waals surface area contributed by atoms with Crippen LogP contribution in [0.5, 0.6) is 0 Å². The molecule has 2 atom stereocenters. The van der Waals surface area contributed by atoms with Crippen LogP contribution in [0.3, 0.4) is 0 Å². The molecule has 0 radical (unpaired) electrons. The first-order valence-electron chi connectivity index (χ1n) is 9.94. The monoisotopic (exact) mass is 421 g/mol. The Morgan fingerprint density at radius 2 is 2.00 bits per heavy atom. The number of hydrogen-bond donors (Lipinski definition) is 0. The smallest absolute Gasteiger partial charge is 0.345 e. The summed E-state index contributed by atoms with van der Waals surface area (Å²) in [6.07, 6.45) is 0.436. The first-order chi connectivity index (χ1) is 14.1. The fraction of sp³-hybridized carbons (Fsp3) is 0.455. The molecule has 2 aromatic rings. The Balaban J connectivity index is 1.58. The lowest BCUT2D eigenvalue weighted by Crippen LogP contribution is -2.42. The molecule has 0 bridgehead atoms. The molecule has 2 aliphatic carbocycles. The first kappa shape index (κ1) is 20.6. The number of nitrogens with zero attached hydrogens (tertiary/aromatic N) is 3. The van der Waals surface area contributed by atoms with Gasteiger partial charge in [-0.25, -0.2) is 9.07 Å². The van der Waals surface area contributed by atoms with E-state index in [2.05, 4.69) is 5.10 Å². The predicted molar refractivity (Wildman–Crippen MR) is 104 cm³/mol. The zero-order chi connectivity index (χ0) is 21.7. The molecule has 1 aromatic carbocycles. The van der Waals surface area contributed by atoms with Crippen molar-refractivity contribution in [3.05, 3.63) is 53.1 Å². The van der Waals surface area contributed by atoms with Crippen molar-refractivity contribution in [3.63, 3.8) is 0 Å². The molecule has 1 heterocycles. The van der Waals surface area contributed by atoms with E-state index in [1.165, 1.54) is 24.1 Å². The third-order valence-electron chi connectivity index (χ3n) is 6.44. The van der Waals surface area contributed by atoms with Crippen molar-refractivity contribution in [1.82, 2.24) is 14.7 Å². The van der Waals surface area contributed by atoms with Crippen LogP contribution in [0.2, 0.25) is 0 Å². The van der Waals surface area contributed by atoms with Crippen molar-refractivity contribution in [1.29, 1.82) is 0 Å². The highest BCUT2D eigenvalue weighted by Crippen LogP contribution is 2.53. The quantitative estimate of drug-likeness (QED) is 0.667. The maximum Gasteiger partial charge on any atom is 0.390 e. The lowest BCUT2D eigenvalue weighted by molar-refractivity contribution is -0.147. The summed E-state index contributed by atoms with van der Waals surface area (Å²) in [6, 6.07) is 6.08. The number of carbonyl (C=O) groups excluding carboxylic acids is 1. The fourth-order valence-corrected chi connectivity index (χ4v) is 4.70. The molecule has 1 aromatic heterocycles. The minimum absolute atomic E-state index is 0.237. The Morgan fingerprint density at radius 1 is 1.30 bits per heavy atom. The molecule has 4 nitrogen and oxygen atoms in total. The van der Waals surface area contributed by atoms with E-state index in [1.807, 2.05) is 13.0 Å². The largest absolute Gasteiger partial charge is 0.390 e. The molecule has 0 spiro atoms. The number of halogens is 4. The number of carbonyl (C=O) groups is 1. The van der Waals surface area contributed by atoms with Crippen LogP contribution in [0.4, 0.5) is 17.6 Å². The summed E-state index contributed by atoms with van der Waals surface area (Å²) < 4.78 is 52.7.